The quantitative estimate of drug-likeness (QED) is 0.256. The van der Waals surface area contributed by atoms with E-state index in [-0.39, 0.29) is 0 Å². The van der Waals surface area contributed by atoms with E-state index in [9.17, 15) is 0 Å². The molecule has 1 aromatic carbocycles. The van der Waals surface area contributed by atoms with Crippen molar-refractivity contribution in [3.05, 3.63) is 198 Å². The predicted octanol–water partition coefficient (Wildman–Crippen LogP) is 14.0. The molecule has 10 aliphatic rings. The standard InChI is InChI=1S/C58H57NS2/c1-2-11-42(12-3-1)49-18-9-19-51-52-20-10-21-54(58(52)61-57(49)51)59(46-34-29-43(30-35-46)48-17-8-14-41-13-4-5-15-47(41)48)45-32-27-39(28-33-45)38-23-25-40(26-24-38)44-31-36-56-53(37-44)50-16-6-7-22-55(50)60-56/h2,4,7-8,11-13,17-18,20,22-25,27,29-37,39-41,47-48,53,56H,1,3,5-6,9-10,14-16,19,21,26,28H2. The lowest BCUT2D eigenvalue weighted by atomic mass is 9.69. The topological polar surface area (TPSA) is 3.24 Å². The molecule has 1 aliphatic heterocycles. The monoisotopic (exact) mass is 831 g/mol. The molecule has 12 rings (SSSR count). The average molecular weight is 832 g/mol. The molecular formula is C58H57NS2. The molecule has 2 aromatic rings. The van der Waals surface area contributed by atoms with Crippen LogP contribution in [-0.4, -0.2) is 5.25 Å². The maximum absolute atomic E-state index is 2.66. The number of allylic oxidation sites excluding steroid dienone is 23. The van der Waals surface area contributed by atoms with Gasteiger partial charge in [-0.25, -0.2) is 0 Å². The highest BCUT2D eigenvalue weighted by Crippen LogP contribution is 2.50. The maximum Gasteiger partial charge on any atom is 0.0547 e. The fourth-order valence-corrected chi connectivity index (χ4v) is 15.0. The SMILES string of the molecule is C1=CC(C2=CCCc3c2sc2c3=CCCC=2N(C2=CCC(C3=CCC(C4=CC5C6=C(C=CCC6)SC5C=C4)C=C3)C=C2)c2ccc(C3C=CCC4C=CCCC43)cc2)=CCC1. The zero-order chi connectivity index (χ0) is 40.3. The third-order valence-corrected chi connectivity index (χ3v) is 18.0. The fraction of sp³-hybridized carbons (Fsp3) is 0.345. The molecule has 2 heterocycles. The Hall–Kier alpha value is -4.57. The van der Waals surface area contributed by atoms with Crippen molar-refractivity contribution in [1.82, 2.24) is 0 Å². The Labute approximate surface area is 371 Å². The lowest BCUT2D eigenvalue weighted by Gasteiger charge is -2.36. The van der Waals surface area contributed by atoms with Crippen LogP contribution in [0.25, 0.3) is 17.3 Å². The number of benzene rings is 1. The van der Waals surface area contributed by atoms with E-state index in [1.54, 1.807) is 11.1 Å². The molecule has 0 amide bonds. The highest BCUT2D eigenvalue weighted by Gasteiger charge is 2.36. The molecule has 0 saturated heterocycles. The predicted molar refractivity (Wildman–Crippen MR) is 262 cm³/mol. The van der Waals surface area contributed by atoms with E-state index in [4.69, 9.17) is 0 Å². The minimum Gasteiger partial charge on any atom is -0.313 e. The molecule has 1 aromatic heterocycles. The first-order valence-corrected chi connectivity index (χ1v) is 25.3. The molecule has 1 nitrogen and oxygen atoms in total. The number of anilines is 1. The second-order valence-corrected chi connectivity index (χ2v) is 21.0. The first-order chi connectivity index (χ1) is 30.2. The number of hydrogen-bond donors (Lipinski definition) is 0. The third-order valence-electron chi connectivity index (χ3n) is 15.3. The van der Waals surface area contributed by atoms with Crippen LogP contribution in [0.3, 0.4) is 0 Å². The van der Waals surface area contributed by atoms with Crippen LogP contribution in [0, 0.1) is 29.6 Å². The van der Waals surface area contributed by atoms with Crippen molar-refractivity contribution in [2.75, 3.05) is 4.90 Å². The summed E-state index contributed by atoms with van der Waals surface area (Å²) in [6.45, 7) is 0. The lowest BCUT2D eigenvalue weighted by Crippen LogP contribution is -2.35. The molecule has 7 atom stereocenters. The Morgan fingerprint density at radius 2 is 1.48 bits per heavy atom. The molecular weight excluding hydrogens is 775 g/mol. The van der Waals surface area contributed by atoms with Crippen LogP contribution in [0.5, 0.6) is 0 Å². The van der Waals surface area contributed by atoms with E-state index in [0.29, 0.717) is 40.8 Å². The number of thioether (sulfide) groups is 1. The van der Waals surface area contributed by atoms with E-state index < -0.39 is 0 Å². The summed E-state index contributed by atoms with van der Waals surface area (Å²) in [6.07, 6.45) is 64.5. The van der Waals surface area contributed by atoms with Gasteiger partial charge in [-0.15, -0.1) is 23.1 Å². The molecule has 0 fully saturated rings. The Bertz CT molecular complexity index is 2680. The molecule has 3 heteroatoms. The summed E-state index contributed by atoms with van der Waals surface area (Å²) in [5, 5.41) is 2.10. The highest BCUT2D eigenvalue weighted by molar-refractivity contribution is 8.04. The van der Waals surface area contributed by atoms with Gasteiger partial charge in [0.1, 0.15) is 0 Å². The largest absolute Gasteiger partial charge is 0.313 e. The minimum absolute atomic E-state index is 0.410. The van der Waals surface area contributed by atoms with Crippen LogP contribution in [0.4, 0.5) is 5.69 Å². The summed E-state index contributed by atoms with van der Waals surface area (Å²) in [4.78, 5) is 5.71. The summed E-state index contributed by atoms with van der Waals surface area (Å²) < 4.78 is 1.49. The van der Waals surface area contributed by atoms with Crippen molar-refractivity contribution < 1.29 is 0 Å². The first kappa shape index (κ1) is 38.1. The van der Waals surface area contributed by atoms with Crippen LogP contribution in [0.15, 0.2) is 173 Å². The molecule has 0 bridgehead atoms. The Morgan fingerprint density at radius 3 is 2.34 bits per heavy atom. The Kier molecular flexibility index (Phi) is 10.2. The van der Waals surface area contributed by atoms with Crippen molar-refractivity contribution in [2.24, 2.45) is 29.6 Å². The second-order valence-electron chi connectivity index (χ2n) is 18.8. The van der Waals surface area contributed by atoms with Crippen molar-refractivity contribution in [1.29, 1.82) is 0 Å². The lowest BCUT2D eigenvalue weighted by molar-refractivity contribution is 0.314. The Morgan fingerprint density at radius 1 is 0.607 bits per heavy atom. The number of thiophene rings is 1. The van der Waals surface area contributed by atoms with E-state index in [0.717, 1.165) is 51.4 Å². The summed E-state index contributed by atoms with van der Waals surface area (Å²) in [5.74, 6) is 3.36. The van der Waals surface area contributed by atoms with Crippen LogP contribution in [0.1, 0.15) is 99.0 Å². The number of fused-ring (bicyclic) bond motifs is 6. The fourth-order valence-electron chi connectivity index (χ4n) is 12.2. The summed E-state index contributed by atoms with van der Waals surface area (Å²) in [7, 11) is 0. The number of hydrogen-bond acceptors (Lipinski definition) is 3. The van der Waals surface area contributed by atoms with Gasteiger partial charge < -0.3 is 4.90 Å². The molecule has 0 saturated carbocycles. The van der Waals surface area contributed by atoms with Crippen LogP contribution < -0.4 is 14.7 Å². The van der Waals surface area contributed by atoms with Crippen LogP contribution in [-0.2, 0) is 6.42 Å². The average Bonchev–Trinajstić information content (AvgIpc) is 3.91. The molecule has 0 radical (unpaired) electrons. The normalized spacial score (nSPS) is 30.6. The van der Waals surface area contributed by atoms with E-state index >= 15 is 0 Å². The summed E-state index contributed by atoms with van der Waals surface area (Å²) in [5.41, 5.74) is 14.7. The molecule has 0 N–H and O–H groups in total. The van der Waals surface area contributed by atoms with Crippen molar-refractivity contribution in [3.8, 4) is 0 Å². The number of rotatable bonds is 7. The van der Waals surface area contributed by atoms with Gasteiger partial charge in [-0.1, -0.05) is 128 Å². The smallest absolute Gasteiger partial charge is 0.0547 e. The van der Waals surface area contributed by atoms with Crippen molar-refractivity contribution >= 4 is 46.1 Å². The van der Waals surface area contributed by atoms with Gasteiger partial charge >= 0.3 is 0 Å². The van der Waals surface area contributed by atoms with Gasteiger partial charge in [0.15, 0.2) is 0 Å². The van der Waals surface area contributed by atoms with Crippen LogP contribution >= 0.6 is 23.1 Å². The van der Waals surface area contributed by atoms with Gasteiger partial charge in [0.25, 0.3) is 0 Å². The van der Waals surface area contributed by atoms with Crippen molar-refractivity contribution in [3.63, 3.8) is 0 Å². The molecule has 7 unspecified atom stereocenters. The highest BCUT2D eigenvalue weighted by atomic mass is 32.2. The van der Waals surface area contributed by atoms with E-state index in [1.165, 1.54) is 96.6 Å². The van der Waals surface area contributed by atoms with E-state index in [1.807, 2.05) is 0 Å². The van der Waals surface area contributed by atoms with Crippen LogP contribution in [0.2, 0.25) is 0 Å². The van der Waals surface area contributed by atoms with Gasteiger partial charge in [-0.05, 0) is 158 Å². The zero-order valence-corrected chi connectivity index (χ0v) is 37.0. The molecule has 61 heavy (non-hydrogen) atoms. The van der Waals surface area contributed by atoms with Crippen molar-refractivity contribution in [2.45, 2.75) is 94.6 Å². The minimum atomic E-state index is 0.410. The zero-order valence-electron chi connectivity index (χ0n) is 35.4. The molecule has 306 valence electrons. The third kappa shape index (κ3) is 6.99. The van der Waals surface area contributed by atoms with Gasteiger partial charge in [0, 0.05) is 55.8 Å². The first-order valence-electron chi connectivity index (χ1n) is 23.6. The van der Waals surface area contributed by atoms with E-state index in [2.05, 4.69) is 174 Å². The second kappa shape index (κ2) is 16.3. The van der Waals surface area contributed by atoms with Gasteiger partial charge in [0.05, 0.1) is 4.53 Å². The summed E-state index contributed by atoms with van der Waals surface area (Å²) >= 11 is 4.14. The summed E-state index contributed by atoms with van der Waals surface area (Å²) in [6, 6.07) is 9.82. The van der Waals surface area contributed by atoms with Gasteiger partial charge in [0.2, 0.25) is 0 Å². The van der Waals surface area contributed by atoms with Gasteiger partial charge in [-0.3, -0.25) is 0 Å². The molecule has 0 spiro atoms. The molecule has 9 aliphatic carbocycles. The Balaban J connectivity index is 0.852. The van der Waals surface area contributed by atoms with Gasteiger partial charge in [-0.2, -0.15) is 0 Å². The maximum atomic E-state index is 2.66. The number of nitrogens with zero attached hydrogens (tertiary/aromatic N) is 1.